The third-order valence-corrected chi connectivity index (χ3v) is 8.03. The Kier molecular flexibility index (Phi) is 4.44. The molecule has 1 N–H and O–H groups in total. The molecule has 2 bridgehead atoms. The summed E-state index contributed by atoms with van der Waals surface area (Å²) < 4.78 is 1.83. The van der Waals surface area contributed by atoms with Gasteiger partial charge in [-0.2, -0.15) is 5.10 Å². The Labute approximate surface area is 178 Å². The smallest absolute Gasteiger partial charge is 0.144 e. The lowest BCUT2D eigenvalue weighted by molar-refractivity contribution is 0.238. The summed E-state index contributed by atoms with van der Waals surface area (Å²) in [5.41, 5.74) is 2.93. The molecule has 0 aromatic carbocycles. The fourth-order valence-corrected chi connectivity index (χ4v) is 6.70. The number of rotatable bonds is 5. The van der Waals surface area contributed by atoms with Gasteiger partial charge in [0.05, 0.1) is 23.8 Å². The van der Waals surface area contributed by atoms with Gasteiger partial charge in [0.2, 0.25) is 0 Å². The third-order valence-electron chi connectivity index (χ3n) is 8.03. The van der Waals surface area contributed by atoms with E-state index in [0.717, 1.165) is 52.4 Å². The number of aromatic nitrogens is 4. The van der Waals surface area contributed by atoms with Crippen molar-refractivity contribution in [3.05, 3.63) is 36.4 Å². The normalized spacial score (nSPS) is 34.7. The maximum Gasteiger partial charge on any atom is 0.144 e. The van der Waals surface area contributed by atoms with Crippen molar-refractivity contribution in [1.29, 1.82) is 0 Å². The van der Waals surface area contributed by atoms with Crippen LogP contribution in [0, 0.1) is 36.5 Å². The van der Waals surface area contributed by atoms with Gasteiger partial charge in [0, 0.05) is 44.5 Å². The molecule has 3 aliphatic carbocycles. The number of nitrogens with one attached hydrogen (secondary N) is 1. The van der Waals surface area contributed by atoms with Crippen LogP contribution in [0.5, 0.6) is 0 Å². The Morgan fingerprint density at radius 1 is 1.03 bits per heavy atom. The predicted octanol–water partition coefficient (Wildman–Crippen LogP) is 3.52. The van der Waals surface area contributed by atoms with Gasteiger partial charge in [0.1, 0.15) is 5.82 Å². The molecule has 0 radical (unpaired) electrons. The molecule has 6 rings (SSSR count). The Hall–Kier alpha value is -2.21. The molecule has 6 nitrogen and oxygen atoms in total. The maximum atomic E-state index is 4.64. The molecule has 0 spiro atoms. The number of likely N-dealkylation sites (tertiary alicyclic amines) is 1. The lowest BCUT2D eigenvalue weighted by Gasteiger charge is -2.26. The van der Waals surface area contributed by atoms with Crippen molar-refractivity contribution in [3.63, 3.8) is 0 Å². The van der Waals surface area contributed by atoms with Crippen LogP contribution >= 0.6 is 0 Å². The minimum Gasteiger partial charge on any atom is -0.366 e. The second-order valence-corrected chi connectivity index (χ2v) is 10.2. The number of hydrogen-bond donors (Lipinski definition) is 1. The molecule has 4 aliphatic rings. The highest BCUT2D eigenvalue weighted by molar-refractivity contribution is 5.60. The molecule has 2 aromatic heterocycles. The summed E-state index contributed by atoms with van der Waals surface area (Å²) >= 11 is 0. The molecule has 30 heavy (non-hydrogen) atoms. The van der Waals surface area contributed by atoms with Crippen LogP contribution in [0.2, 0.25) is 0 Å². The van der Waals surface area contributed by atoms with Crippen molar-refractivity contribution in [2.45, 2.75) is 38.6 Å². The number of allylic oxidation sites excluding steroid dienone is 2. The van der Waals surface area contributed by atoms with Crippen LogP contribution in [0.25, 0.3) is 11.3 Å². The summed E-state index contributed by atoms with van der Waals surface area (Å²) in [6.07, 6.45) is 16.1. The van der Waals surface area contributed by atoms with Crippen molar-refractivity contribution in [2.75, 3.05) is 25.0 Å². The zero-order valence-corrected chi connectivity index (χ0v) is 18.0. The minimum absolute atomic E-state index is 0.535. The van der Waals surface area contributed by atoms with Crippen molar-refractivity contribution in [2.24, 2.45) is 36.6 Å². The van der Waals surface area contributed by atoms with Crippen LogP contribution < -0.4 is 5.32 Å². The molecule has 0 amide bonds. The van der Waals surface area contributed by atoms with Gasteiger partial charge in [0.15, 0.2) is 0 Å². The molecule has 1 saturated heterocycles. The Morgan fingerprint density at radius 2 is 1.87 bits per heavy atom. The fourth-order valence-electron chi connectivity index (χ4n) is 6.70. The average molecular weight is 405 g/mol. The van der Waals surface area contributed by atoms with Gasteiger partial charge in [-0.25, -0.2) is 4.98 Å². The standard InChI is InChI=1S/C24H32N6/c1-15-22(14-29(2)28-15)23-9-26-24(10-25-23)27-21-7-19-12-30(13-20(19)8-21)11-18-6-16-3-4-17(18)5-16/h3-4,9-10,14,16-21H,5-8,11-13H2,1-2H3,(H,26,27)/t16?,17?,18?,19-,20+,21+. The first-order valence-corrected chi connectivity index (χ1v) is 11.6. The zero-order chi connectivity index (χ0) is 20.2. The zero-order valence-electron chi connectivity index (χ0n) is 18.0. The van der Waals surface area contributed by atoms with Gasteiger partial charge in [0.25, 0.3) is 0 Å². The monoisotopic (exact) mass is 404 g/mol. The van der Waals surface area contributed by atoms with Crippen molar-refractivity contribution in [3.8, 4) is 11.3 Å². The number of nitrogens with zero attached hydrogens (tertiary/aromatic N) is 5. The van der Waals surface area contributed by atoms with E-state index in [0.29, 0.717) is 6.04 Å². The highest BCUT2D eigenvalue weighted by Crippen LogP contribution is 2.45. The summed E-state index contributed by atoms with van der Waals surface area (Å²) in [6, 6.07) is 0.535. The van der Waals surface area contributed by atoms with E-state index in [2.05, 4.69) is 37.4 Å². The summed E-state index contributed by atoms with van der Waals surface area (Å²) in [7, 11) is 1.94. The average Bonchev–Trinajstić information content (AvgIpc) is 3.51. The summed E-state index contributed by atoms with van der Waals surface area (Å²) in [4.78, 5) is 12.0. The van der Waals surface area contributed by atoms with E-state index >= 15 is 0 Å². The molecule has 158 valence electrons. The summed E-state index contributed by atoms with van der Waals surface area (Å²) in [5, 5.41) is 8.06. The first-order valence-electron chi connectivity index (χ1n) is 11.6. The molecule has 2 aromatic rings. The highest BCUT2D eigenvalue weighted by atomic mass is 15.3. The first-order chi connectivity index (χ1) is 14.6. The summed E-state index contributed by atoms with van der Waals surface area (Å²) in [5.74, 6) is 5.29. The second kappa shape index (κ2) is 7.19. The highest BCUT2D eigenvalue weighted by Gasteiger charge is 2.43. The quantitative estimate of drug-likeness (QED) is 0.773. The van der Waals surface area contributed by atoms with E-state index in [1.54, 1.807) is 0 Å². The van der Waals surface area contributed by atoms with Gasteiger partial charge >= 0.3 is 0 Å². The molecular weight excluding hydrogens is 372 g/mol. The predicted molar refractivity (Wildman–Crippen MR) is 118 cm³/mol. The van der Waals surface area contributed by atoms with E-state index in [4.69, 9.17) is 0 Å². The number of aryl methyl sites for hydroxylation is 2. The lowest BCUT2D eigenvalue weighted by atomic mass is 9.93. The van der Waals surface area contributed by atoms with Crippen LogP contribution in [0.1, 0.15) is 31.4 Å². The molecule has 1 aliphatic heterocycles. The van der Waals surface area contributed by atoms with Gasteiger partial charge in [-0.3, -0.25) is 9.67 Å². The van der Waals surface area contributed by atoms with Crippen molar-refractivity contribution >= 4 is 5.82 Å². The van der Waals surface area contributed by atoms with Crippen LogP contribution in [0.15, 0.2) is 30.7 Å². The topological polar surface area (TPSA) is 58.9 Å². The van der Waals surface area contributed by atoms with Crippen LogP contribution in [-0.4, -0.2) is 50.3 Å². The first kappa shape index (κ1) is 18.6. The minimum atomic E-state index is 0.535. The molecule has 2 saturated carbocycles. The number of anilines is 1. The third kappa shape index (κ3) is 3.35. The molecule has 3 heterocycles. The fraction of sp³-hybridized carbons (Fsp3) is 0.625. The summed E-state index contributed by atoms with van der Waals surface area (Å²) in [6.45, 7) is 5.94. The Balaban J connectivity index is 1.02. The van der Waals surface area contributed by atoms with Gasteiger partial charge < -0.3 is 10.2 Å². The SMILES string of the molecule is Cc1nn(C)cc1-c1cnc(N[C@H]2C[C@@H]3CN(CC4CC5C=CC4C5)C[C@@H]3C2)cn1. The van der Waals surface area contributed by atoms with Crippen LogP contribution in [0.3, 0.4) is 0 Å². The van der Waals surface area contributed by atoms with Crippen LogP contribution in [-0.2, 0) is 7.05 Å². The molecule has 3 unspecified atom stereocenters. The molecular formula is C24H32N6. The largest absolute Gasteiger partial charge is 0.366 e. The molecule has 3 fully saturated rings. The lowest BCUT2D eigenvalue weighted by Crippen LogP contribution is -2.31. The van der Waals surface area contributed by atoms with Crippen molar-refractivity contribution in [1.82, 2.24) is 24.6 Å². The maximum absolute atomic E-state index is 4.64. The van der Waals surface area contributed by atoms with Gasteiger partial charge in [-0.1, -0.05) is 12.2 Å². The molecule has 6 heteroatoms. The number of hydrogen-bond acceptors (Lipinski definition) is 5. The van der Waals surface area contributed by atoms with E-state index in [-0.39, 0.29) is 0 Å². The molecule has 6 atom stereocenters. The van der Waals surface area contributed by atoms with Gasteiger partial charge in [-0.05, 0) is 62.2 Å². The Bertz CT molecular complexity index is 933. The van der Waals surface area contributed by atoms with E-state index in [1.807, 2.05) is 37.2 Å². The van der Waals surface area contributed by atoms with Gasteiger partial charge in [-0.15, -0.1) is 0 Å². The second-order valence-electron chi connectivity index (χ2n) is 10.2. The van der Waals surface area contributed by atoms with E-state index in [1.165, 1.54) is 45.3 Å². The van der Waals surface area contributed by atoms with E-state index in [9.17, 15) is 0 Å². The Morgan fingerprint density at radius 3 is 2.47 bits per heavy atom. The van der Waals surface area contributed by atoms with Crippen LogP contribution in [0.4, 0.5) is 5.82 Å². The van der Waals surface area contributed by atoms with Crippen molar-refractivity contribution < 1.29 is 0 Å². The van der Waals surface area contributed by atoms with E-state index < -0.39 is 0 Å². The number of fused-ring (bicyclic) bond motifs is 3.